The maximum atomic E-state index is 13.5. The highest BCUT2D eigenvalue weighted by molar-refractivity contribution is 7.89. The number of aryl methyl sites for hydroxylation is 1. The lowest BCUT2D eigenvalue weighted by atomic mass is 10.1. The maximum Gasteiger partial charge on any atom is 0.228 e. The molecule has 0 aliphatic rings. The number of pyridine rings is 1. The molecule has 1 unspecified atom stereocenters. The molecule has 3 rings (SSSR count). The molecule has 3 N–H and O–H groups in total. The molecular weight excluding hydrogens is 401 g/mol. The van der Waals surface area contributed by atoms with Gasteiger partial charge in [0, 0.05) is 34.1 Å². The van der Waals surface area contributed by atoms with Crippen molar-refractivity contribution in [1.82, 2.24) is 4.98 Å². The smallest absolute Gasteiger partial charge is 0.228 e. The Hall–Kier alpha value is -2.45. The van der Waals surface area contributed by atoms with Crippen LogP contribution in [-0.2, 0) is 22.6 Å². The van der Waals surface area contributed by atoms with E-state index in [2.05, 4.69) is 10.3 Å². The largest absolute Gasteiger partial charge is 0.593 e. The van der Waals surface area contributed by atoms with Gasteiger partial charge in [0.15, 0.2) is 4.90 Å². The van der Waals surface area contributed by atoms with Crippen molar-refractivity contribution in [3.05, 3.63) is 76.8 Å². The summed E-state index contributed by atoms with van der Waals surface area (Å²) in [4.78, 5) is 16.4. The third kappa shape index (κ3) is 4.88. The van der Waals surface area contributed by atoms with Gasteiger partial charge in [-0.1, -0.05) is 23.7 Å². The molecule has 2 aromatic carbocycles. The van der Waals surface area contributed by atoms with E-state index in [9.17, 15) is 13.7 Å². The number of carbonyl (C=O) groups is 1. The van der Waals surface area contributed by atoms with Crippen molar-refractivity contribution in [2.45, 2.75) is 18.2 Å². The number of benzene rings is 2. The molecule has 0 saturated carbocycles. The Kier molecular flexibility index (Phi) is 6.31. The number of rotatable bonds is 5. The first-order chi connectivity index (χ1) is 13.3. The van der Waals surface area contributed by atoms with E-state index < -0.39 is 17.2 Å². The normalized spacial score (nSPS) is 11.9. The topological polar surface area (TPSA) is 91.1 Å². The second kappa shape index (κ2) is 8.70. The van der Waals surface area contributed by atoms with Crippen LogP contribution in [0.4, 0.5) is 10.1 Å². The fourth-order valence-corrected chi connectivity index (χ4v) is 3.69. The predicted molar refractivity (Wildman–Crippen MR) is 109 cm³/mol. The number of nitrogens with one attached hydrogen (secondary N) is 1. The SMILES string of the molecule is Cc1ccc(CC(=O)Nc2ccc(-c3cncc(F)c3)c([S+](N)[O-])c2)c(Cl)c1. The highest BCUT2D eigenvalue weighted by Gasteiger charge is 2.17. The standard InChI is InChI=1S/C20H17ClFN3O2S/c1-12-2-3-13(18(21)6-12)8-20(26)25-16-4-5-17(19(9-16)28(23)27)14-7-15(22)11-24-10-14/h2-7,9-11H,8,23H2,1H3,(H,25,26). The molecule has 0 aliphatic heterocycles. The van der Waals surface area contributed by atoms with Gasteiger partial charge in [0.2, 0.25) is 5.91 Å². The summed E-state index contributed by atoms with van der Waals surface area (Å²) in [7, 11) is 0. The van der Waals surface area contributed by atoms with Gasteiger partial charge < -0.3 is 9.87 Å². The number of halogens is 2. The fourth-order valence-electron chi connectivity index (χ4n) is 2.74. The van der Waals surface area contributed by atoms with Crippen LogP contribution in [0.15, 0.2) is 59.8 Å². The van der Waals surface area contributed by atoms with Crippen LogP contribution in [0, 0.1) is 12.7 Å². The van der Waals surface area contributed by atoms with Crippen molar-refractivity contribution in [2.24, 2.45) is 5.14 Å². The zero-order valence-corrected chi connectivity index (χ0v) is 16.5. The summed E-state index contributed by atoms with van der Waals surface area (Å²) in [5.74, 6) is -0.793. The molecule has 3 aromatic rings. The van der Waals surface area contributed by atoms with E-state index in [1.807, 2.05) is 13.0 Å². The number of anilines is 1. The average molecular weight is 418 g/mol. The van der Waals surface area contributed by atoms with Crippen LogP contribution in [0.25, 0.3) is 11.1 Å². The summed E-state index contributed by atoms with van der Waals surface area (Å²) in [5.41, 5.74) is 3.06. The first kappa shape index (κ1) is 20.3. The number of carbonyl (C=O) groups excluding carboxylic acids is 1. The highest BCUT2D eigenvalue weighted by atomic mass is 35.5. The average Bonchev–Trinajstić information content (AvgIpc) is 2.64. The number of nitrogens with zero attached hydrogens (tertiary/aromatic N) is 1. The molecule has 1 atom stereocenters. The maximum absolute atomic E-state index is 13.5. The minimum atomic E-state index is -1.84. The first-order valence-electron chi connectivity index (χ1n) is 8.29. The highest BCUT2D eigenvalue weighted by Crippen LogP contribution is 2.29. The molecular formula is C20H17ClFN3O2S. The molecule has 5 nitrogen and oxygen atoms in total. The Labute approximate surface area is 170 Å². The van der Waals surface area contributed by atoms with Crippen LogP contribution in [0.3, 0.4) is 0 Å². The van der Waals surface area contributed by atoms with E-state index in [1.54, 1.807) is 24.3 Å². The first-order valence-corrected chi connectivity index (χ1v) is 9.88. The zero-order valence-electron chi connectivity index (χ0n) is 14.9. The molecule has 28 heavy (non-hydrogen) atoms. The van der Waals surface area contributed by atoms with Crippen LogP contribution in [0.2, 0.25) is 5.02 Å². The molecule has 0 spiro atoms. The quantitative estimate of drug-likeness (QED) is 0.613. The summed E-state index contributed by atoms with van der Waals surface area (Å²) in [6.45, 7) is 1.92. The molecule has 0 bridgehead atoms. The summed E-state index contributed by atoms with van der Waals surface area (Å²) in [6.07, 6.45) is 2.62. The Morgan fingerprint density at radius 1 is 1.25 bits per heavy atom. The van der Waals surface area contributed by atoms with Gasteiger partial charge in [-0.25, -0.2) is 4.39 Å². The molecule has 1 aromatic heterocycles. The van der Waals surface area contributed by atoms with Gasteiger partial charge in [0.25, 0.3) is 0 Å². The van der Waals surface area contributed by atoms with E-state index in [4.69, 9.17) is 16.7 Å². The molecule has 1 amide bonds. The van der Waals surface area contributed by atoms with Crippen molar-refractivity contribution in [3.8, 4) is 11.1 Å². The Bertz CT molecular complexity index is 1030. The van der Waals surface area contributed by atoms with Gasteiger partial charge in [-0.2, -0.15) is 0 Å². The summed E-state index contributed by atoms with van der Waals surface area (Å²) in [5, 5.41) is 8.84. The van der Waals surface area contributed by atoms with Crippen molar-refractivity contribution in [1.29, 1.82) is 0 Å². The Balaban J connectivity index is 1.83. The monoisotopic (exact) mass is 417 g/mol. The lowest BCUT2D eigenvalue weighted by Crippen LogP contribution is -2.17. The second-order valence-electron chi connectivity index (χ2n) is 6.22. The van der Waals surface area contributed by atoms with E-state index in [1.165, 1.54) is 18.3 Å². The summed E-state index contributed by atoms with van der Waals surface area (Å²) < 4.78 is 25.4. The van der Waals surface area contributed by atoms with Crippen LogP contribution in [0.5, 0.6) is 0 Å². The molecule has 0 aliphatic carbocycles. The number of hydrogen-bond donors (Lipinski definition) is 2. The predicted octanol–water partition coefficient (Wildman–Crippen LogP) is 4.01. The van der Waals surface area contributed by atoms with Crippen LogP contribution in [0.1, 0.15) is 11.1 Å². The Morgan fingerprint density at radius 3 is 2.71 bits per heavy atom. The third-order valence-electron chi connectivity index (χ3n) is 4.06. The fraction of sp³-hybridized carbons (Fsp3) is 0.100. The van der Waals surface area contributed by atoms with Crippen molar-refractivity contribution >= 4 is 34.6 Å². The van der Waals surface area contributed by atoms with Crippen molar-refractivity contribution in [3.63, 3.8) is 0 Å². The summed E-state index contributed by atoms with van der Waals surface area (Å²) in [6, 6.07) is 11.5. The molecule has 0 saturated heterocycles. The zero-order chi connectivity index (χ0) is 20.3. The number of amides is 1. The van der Waals surface area contributed by atoms with Crippen LogP contribution < -0.4 is 10.5 Å². The van der Waals surface area contributed by atoms with Gasteiger partial charge in [0.05, 0.1) is 24.0 Å². The Morgan fingerprint density at radius 2 is 2.04 bits per heavy atom. The van der Waals surface area contributed by atoms with Gasteiger partial charge in [0.1, 0.15) is 5.82 Å². The third-order valence-corrected chi connectivity index (χ3v) is 5.18. The number of hydrogen-bond acceptors (Lipinski definition) is 4. The molecule has 0 radical (unpaired) electrons. The lowest BCUT2D eigenvalue weighted by molar-refractivity contribution is -0.115. The minimum absolute atomic E-state index is 0.0930. The summed E-state index contributed by atoms with van der Waals surface area (Å²) >= 11 is 4.33. The van der Waals surface area contributed by atoms with Crippen LogP contribution >= 0.6 is 11.6 Å². The second-order valence-corrected chi connectivity index (χ2v) is 7.66. The lowest BCUT2D eigenvalue weighted by Gasteiger charge is -2.12. The van der Waals surface area contributed by atoms with Gasteiger partial charge >= 0.3 is 0 Å². The molecule has 8 heteroatoms. The minimum Gasteiger partial charge on any atom is -0.593 e. The van der Waals surface area contributed by atoms with Crippen molar-refractivity contribution < 1.29 is 13.7 Å². The van der Waals surface area contributed by atoms with E-state index >= 15 is 0 Å². The van der Waals surface area contributed by atoms with E-state index in [0.29, 0.717) is 27.4 Å². The van der Waals surface area contributed by atoms with E-state index in [0.717, 1.165) is 11.8 Å². The van der Waals surface area contributed by atoms with Crippen molar-refractivity contribution in [2.75, 3.05) is 5.32 Å². The number of aromatic nitrogens is 1. The molecule has 0 fully saturated rings. The van der Waals surface area contributed by atoms with Gasteiger partial charge in [-0.05, 0) is 42.3 Å². The molecule has 144 valence electrons. The molecule has 1 heterocycles. The number of nitrogens with two attached hydrogens (primary N) is 1. The van der Waals surface area contributed by atoms with Crippen LogP contribution in [-0.4, -0.2) is 15.4 Å². The van der Waals surface area contributed by atoms with E-state index in [-0.39, 0.29) is 17.2 Å². The van der Waals surface area contributed by atoms with Gasteiger partial charge in [-0.15, -0.1) is 5.14 Å². The van der Waals surface area contributed by atoms with Gasteiger partial charge in [-0.3, -0.25) is 9.78 Å².